The van der Waals surface area contributed by atoms with Gasteiger partial charge in [-0.3, -0.25) is 9.79 Å². The minimum absolute atomic E-state index is 0.156. The van der Waals surface area contributed by atoms with Crippen molar-refractivity contribution in [2.24, 2.45) is 4.99 Å². The number of nitrogens with zero attached hydrogens (tertiary/aromatic N) is 4. The number of pyridine rings is 1. The molecule has 1 aromatic heterocycles. The van der Waals surface area contributed by atoms with Gasteiger partial charge in [0.1, 0.15) is 11.6 Å². The highest BCUT2D eigenvalue weighted by Crippen LogP contribution is 2.13. The number of carbonyl (C=O) groups excluding carboxylic acids is 1. The van der Waals surface area contributed by atoms with Crippen molar-refractivity contribution >= 4 is 17.7 Å². The van der Waals surface area contributed by atoms with E-state index in [0.717, 1.165) is 63.2 Å². The van der Waals surface area contributed by atoms with E-state index in [9.17, 15) is 4.79 Å². The normalized spacial score (nSPS) is 14.2. The van der Waals surface area contributed by atoms with E-state index in [1.165, 1.54) is 5.56 Å². The van der Waals surface area contributed by atoms with Crippen LogP contribution in [0.2, 0.25) is 0 Å². The number of guanidine groups is 1. The van der Waals surface area contributed by atoms with Gasteiger partial charge >= 0.3 is 0 Å². The Morgan fingerprint density at radius 2 is 1.88 bits per heavy atom. The molecular formula is C24H34N6O2. The molecule has 0 unspecified atom stereocenters. The minimum atomic E-state index is 0.156. The van der Waals surface area contributed by atoms with E-state index < -0.39 is 0 Å². The standard InChI is InChI=1S/C24H34N6O2/c1-3-25-24(27-14-11-20-7-9-21(32-2)10-8-20)28-15-12-23(31)30-18-16-29(17-19-30)22-6-4-5-13-26-22/h4-10,13H,3,11-12,14-19H2,1-2H3,(H2,25,27,28). The van der Waals surface area contributed by atoms with Gasteiger partial charge in [0, 0.05) is 51.9 Å². The van der Waals surface area contributed by atoms with Crippen LogP contribution < -0.4 is 20.3 Å². The number of amides is 1. The third-order valence-corrected chi connectivity index (χ3v) is 5.41. The Balaban J connectivity index is 1.39. The molecule has 0 atom stereocenters. The summed E-state index contributed by atoms with van der Waals surface area (Å²) in [4.78, 5) is 25.7. The van der Waals surface area contributed by atoms with Crippen molar-refractivity contribution < 1.29 is 9.53 Å². The summed E-state index contributed by atoms with van der Waals surface area (Å²) in [6, 6.07) is 14.0. The molecule has 0 radical (unpaired) electrons. The molecule has 3 rings (SSSR count). The first-order valence-corrected chi connectivity index (χ1v) is 11.3. The molecule has 2 aromatic rings. The van der Waals surface area contributed by atoms with E-state index in [-0.39, 0.29) is 5.91 Å². The monoisotopic (exact) mass is 438 g/mol. The molecule has 0 saturated carbocycles. The summed E-state index contributed by atoms with van der Waals surface area (Å²) in [5.74, 6) is 2.73. The highest BCUT2D eigenvalue weighted by molar-refractivity contribution is 5.81. The van der Waals surface area contributed by atoms with Crippen LogP contribution in [-0.4, -0.2) is 74.7 Å². The predicted octanol–water partition coefficient (Wildman–Crippen LogP) is 1.93. The van der Waals surface area contributed by atoms with Gasteiger partial charge in [0.25, 0.3) is 0 Å². The van der Waals surface area contributed by atoms with Crippen LogP contribution in [0.1, 0.15) is 18.9 Å². The lowest BCUT2D eigenvalue weighted by molar-refractivity contribution is -0.131. The molecule has 1 aromatic carbocycles. The maximum Gasteiger partial charge on any atom is 0.224 e. The lowest BCUT2D eigenvalue weighted by Crippen LogP contribution is -2.49. The van der Waals surface area contributed by atoms with Crippen molar-refractivity contribution in [3.63, 3.8) is 0 Å². The van der Waals surface area contributed by atoms with Gasteiger partial charge in [0.05, 0.1) is 13.7 Å². The van der Waals surface area contributed by atoms with E-state index in [0.29, 0.717) is 13.0 Å². The molecule has 0 bridgehead atoms. The number of carbonyl (C=O) groups is 1. The Labute approximate surface area is 190 Å². The third-order valence-electron chi connectivity index (χ3n) is 5.41. The van der Waals surface area contributed by atoms with Gasteiger partial charge in [0.2, 0.25) is 5.91 Å². The molecule has 172 valence electrons. The SMILES string of the molecule is CCNC(=NCCC(=O)N1CCN(c2ccccn2)CC1)NCCc1ccc(OC)cc1. The molecule has 1 fully saturated rings. The number of anilines is 1. The lowest BCUT2D eigenvalue weighted by Gasteiger charge is -2.35. The first-order chi connectivity index (χ1) is 15.7. The number of aromatic nitrogens is 1. The summed E-state index contributed by atoms with van der Waals surface area (Å²) < 4.78 is 5.20. The van der Waals surface area contributed by atoms with Gasteiger partial charge < -0.3 is 25.2 Å². The molecule has 32 heavy (non-hydrogen) atoms. The Bertz CT molecular complexity index is 849. The van der Waals surface area contributed by atoms with E-state index in [1.54, 1.807) is 13.3 Å². The number of methoxy groups -OCH3 is 1. The molecular weight excluding hydrogens is 404 g/mol. The average molecular weight is 439 g/mol. The molecule has 0 aliphatic carbocycles. The Hall–Kier alpha value is -3.29. The second-order valence-corrected chi connectivity index (χ2v) is 7.59. The number of hydrogen-bond donors (Lipinski definition) is 2. The van der Waals surface area contributed by atoms with Crippen LogP contribution in [0.15, 0.2) is 53.7 Å². The van der Waals surface area contributed by atoms with E-state index >= 15 is 0 Å². The Morgan fingerprint density at radius 1 is 1.09 bits per heavy atom. The lowest BCUT2D eigenvalue weighted by atomic mass is 10.1. The van der Waals surface area contributed by atoms with Gasteiger partial charge in [-0.15, -0.1) is 0 Å². The molecule has 2 heterocycles. The summed E-state index contributed by atoms with van der Waals surface area (Å²) in [6.45, 7) is 7.10. The summed E-state index contributed by atoms with van der Waals surface area (Å²) in [7, 11) is 1.67. The van der Waals surface area contributed by atoms with Crippen LogP contribution >= 0.6 is 0 Å². The van der Waals surface area contributed by atoms with Crippen molar-refractivity contribution in [2.45, 2.75) is 19.8 Å². The zero-order valence-electron chi connectivity index (χ0n) is 19.1. The Morgan fingerprint density at radius 3 is 2.53 bits per heavy atom. The highest BCUT2D eigenvalue weighted by atomic mass is 16.5. The van der Waals surface area contributed by atoms with Gasteiger partial charge in [-0.25, -0.2) is 4.98 Å². The summed E-state index contributed by atoms with van der Waals surface area (Å²) in [5.41, 5.74) is 1.23. The van der Waals surface area contributed by atoms with E-state index in [4.69, 9.17) is 4.74 Å². The first-order valence-electron chi connectivity index (χ1n) is 11.3. The van der Waals surface area contributed by atoms with Gasteiger partial charge in [0.15, 0.2) is 5.96 Å². The first kappa shape index (κ1) is 23.4. The number of benzene rings is 1. The van der Waals surface area contributed by atoms with E-state index in [1.807, 2.05) is 42.2 Å². The maximum atomic E-state index is 12.6. The van der Waals surface area contributed by atoms with Crippen LogP contribution in [0.5, 0.6) is 5.75 Å². The fraction of sp³-hybridized carbons (Fsp3) is 0.458. The smallest absolute Gasteiger partial charge is 0.224 e. The minimum Gasteiger partial charge on any atom is -0.497 e. The van der Waals surface area contributed by atoms with E-state index in [2.05, 4.69) is 37.6 Å². The van der Waals surface area contributed by atoms with Crippen LogP contribution in [0.4, 0.5) is 5.82 Å². The number of aliphatic imine (C=N–C) groups is 1. The summed E-state index contributed by atoms with van der Waals surface area (Å²) in [6.07, 6.45) is 3.10. The molecule has 8 heteroatoms. The van der Waals surface area contributed by atoms with Gasteiger partial charge in [-0.1, -0.05) is 18.2 Å². The molecule has 1 aliphatic heterocycles. The number of rotatable bonds is 9. The van der Waals surface area contributed by atoms with Crippen LogP contribution in [0.25, 0.3) is 0 Å². The quantitative estimate of drug-likeness (QED) is 0.460. The average Bonchev–Trinajstić information content (AvgIpc) is 2.85. The number of hydrogen-bond acceptors (Lipinski definition) is 5. The Kier molecular flexibility index (Phi) is 9.16. The van der Waals surface area contributed by atoms with Crippen molar-refractivity contribution in [3.05, 3.63) is 54.2 Å². The van der Waals surface area contributed by atoms with Crippen molar-refractivity contribution in [1.82, 2.24) is 20.5 Å². The largest absolute Gasteiger partial charge is 0.497 e. The molecule has 2 N–H and O–H groups in total. The van der Waals surface area contributed by atoms with Crippen LogP contribution in [0.3, 0.4) is 0 Å². The second-order valence-electron chi connectivity index (χ2n) is 7.59. The zero-order chi connectivity index (χ0) is 22.6. The predicted molar refractivity (Wildman–Crippen MR) is 128 cm³/mol. The molecule has 1 saturated heterocycles. The third kappa shape index (κ3) is 7.14. The number of nitrogens with one attached hydrogen (secondary N) is 2. The van der Waals surface area contributed by atoms with Crippen molar-refractivity contribution in [2.75, 3.05) is 57.8 Å². The summed E-state index contributed by atoms with van der Waals surface area (Å²) in [5, 5.41) is 6.59. The number of ether oxygens (including phenoxy) is 1. The van der Waals surface area contributed by atoms with Crippen LogP contribution in [-0.2, 0) is 11.2 Å². The topological polar surface area (TPSA) is 82.1 Å². The molecule has 0 spiro atoms. The maximum absolute atomic E-state index is 12.6. The highest BCUT2D eigenvalue weighted by Gasteiger charge is 2.21. The van der Waals surface area contributed by atoms with Crippen LogP contribution in [0, 0.1) is 0 Å². The second kappa shape index (κ2) is 12.5. The number of piperazine rings is 1. The van der Waals surface area contributed by atoms with Gasteiger partial charge in [-0.2, -0.15) is 0 Å². The molecule has 1 aliphatic rings. The van der Waals surface area contributed by atoms with Crippen molar-refractivity contribution in [3.8, 4) is 5.75 Å². The fourth-order valence-electron chi connectivity index (χ4n) is 3.61. The molecule has 1 amide bonds. The fourth-order valence-corrected chi connectivity index (χ4v) is 3.61. The summed E-state index contributed by atoms with van der Waals surface area (Å²) >= 11 is 0. The zero-order valence-corrected chi connectivity index (χ0v) is 19.1. The van der Waals surface area contributed by atoms with Crippen molar-refractivity contribution in [1.29, 1.82) is 0 Å². The van der Waals surface area contributed by atoms with Gasteiger partial charge in [-0.05, 0) is 43.2 Å². The molecule has 8 nitrogen and oxygen atoms in total.